The van der Waals surface area contributed by atoms with Crippen molar-refractivity contribution in [1.29, 1.82) is 0 Å². The van der Waals surface area contributed by atoms with Gasteiger partial charge >= 0.3 is 5.97 Å². The smallest absolute Gasteiger partial charge is 0.323 e. The first kappa shape index (κ1) is 13.1. The molecule has 0 spiro atoms. The van der Waals surface area contributed by atoms with Crippen molar-refractivity contribution >= 4 is 11.8 Å². The second-order valence-electron chi connectivity index (χ2n) is 6.09. The summed E-state index contributed by atoms with van der Waals surface area (Å²) in [6.45, 7) is 1.50. The van der Waals surface area contributed by atoms with E-state index in [2.05, 4.69) is 4.90 Å². The monoisotopic (exact) mass is 265 g/mol. The number of carbonyl (C=O) groups excluding carboxylic acids is 2. The molecule has 19 heavy (non-hydrogen) atoms. The van der Waals surface area contributed by atoms with E-state index < -0.39 is 0 Å². The van der Waals surface area contributed by atoms with Crippen molar-refractivity contribution in [3.8, 4) is 0 Å². The number of rotatable bonds is 2. The van der Waals surface area contributed by atoms with Gasteiger partial charge in [0, 0.05) is 24.8 Å². The maximum atomic E-state index is 12.2. The molecule has 3 fully saturated rings. The second-order valence-corrected chi connectivity index (χ2v) is 6.09. The lowest BCUT2D eigenvalue weighted by Gasteiger charge is -2.42. The van der Waals surface area contributed by atoms with Crippen LogP contribution in [-0.2, 0) is 14.3 Å². The van der Waals surface area contributed by atoms with Crippen molar-refractivity contribution in [3.05, 3.63) is 0 Å². The molecule has 0 aromatic heterocycles. The molecule has 0 aromatic rings. The molecule has 2 saturated heterocycles. The molecule has 0 bridgehead atoms. The van der Waals surface area contributed by atoms with Crippen LogP contribution in [0.1, 0.15) is 51.4 Å². The van der Waals surface area contributed by atoms with Crippen molar-refractivity contribution in [2.45, 2.75) is 63.5 Å². The van der Waals surface area contributed by atoms with Crippen LogP contribution < -0.4 is 0 Å². The van der Waals surface area contributed by atoms with E-state index in [1.807, 2.05) is 0 Å². The first-order valence-electron chi connectivity index (χ1n) is 7.72. The molecule has 3 unspecified atom stereocenters. The Kier molecular flexibility index (Phi) is 3.87. The van der Waals surface area contributed by atoms with Gasteiger partial charge in [-0.2, -0.15) is 0 Å². The zero-order chi connectivity index (χ0) is 13.2. The van der Waals surface area contributed by atoms with E-state index in [0.717, 1.165) is 51.5 Å². The summed E-state index contributed by atoms with van der Waals surface area (Å²) >= 11 is 0. The first-order valence-corrected chi connectivity index (χ1v) is 7.72. The number of likely N-dealkylation sites (tertiary alicyclic amines) is 1. The highest BCUT2D eigenvalue weighted by molar-refractivity contribution is 5.82. The number of nitrogens with zero attached hydrogens (tertiary/aromatic N) is 1. The van der Waals surface area contributed by atoms with E-state index in [1.54, 1.807) is 0 Å². The first-order chi connectivity index (χ1) is 9.27. The SMILES string of the molecule is O=C1CCCCC1C1CCCCN1C1CCOC1=O. The van der Waals surface area contributed by atoms with Crippen LogP contribution in [0.2, 0.25) is 0 Å². The molecular weight excluding hydrogens is 242 g/mol. The molecule has 3 aliphatic rings. The summed E-state index contributed by atoms with van der Waals surface area (Å²) in [6.07, 6.45) is 8.17. The number of hydrogen-bond donors (Lipinski definition) is 0. The summed E-state index contributed by atoms with van der Waals surface area (Å²) < 4.78 is 5.12. The van der Waals surface area contributed by atoms with E-state index in [1.165, 1.54) is 6.42 Å². The Morgan fingerprint density at radius 3 is 2.58 bits per heavy atom. The van der Waals surface area contributed by atoms with Crippen molar-refractivity contribution in [2.75, 3.05) is 13.2 Å². The van der Waals surface area contributed by atoms with Crippen molar-refractivity contribution in [1.82, 2.24) is 4.90 Å². The normalized spacial score (nSPS) is 37.4. The summed E-state index contributed by atoms with van der Waals surface area (Å²) in [5, 5.41) is 0. The molecule has 1 aliphatic carbocycles. The lowest BCUT2D eigenvalue weighted by molar-refractivity contribution is -0.145. The average Bonchev–Trinajstić information content (AvgIpc) is 2.86. The summed E-state index contributed by atoms with van der Waals surface area (Å²) in [5.74, 6) is 0.520. The highest BCUT2D eigenvalue weighted by atomic mass is 16.5. The molecule has 0 radical (unpaired) electrons. The summed E-state index contributed by atoms with van der Waals surface area (Å²) in [5.41, 5.74) is 0. The van der Waals surface area contributed by atoms with E-state index in [9.17, 15) is 9.59 Å². The number of hydrogen-bond acceptors (Lipinski definition) is 4. The molecule has 106 valence electrons. The van der Waals surface area contributed by atoms with Crippen LogP contribution in [0.4, 0.5) is 0 Å². The number of ketones is 1. The number of esters is 1. The van der Waals surface area contributed by atoms with E-state index in [-0.39, 0.29) is 24.0 Å². The number of carbonyl (C=O) groups is 2. The van der Waals surface area contributed by atoms with Crippen LogP contribution in [0.25, 0.3) is 0 Å². The molecule has 2 aliphatic heterocycles. The fourth-order valence-electron chi connectivity index (χ4n) is 4.00. The van der Waals surface area contributed by atoms with Crippen LogP contribution in [0.3, 0.4) is 0 Å². The molecule has 2 heterocycles. The largest absolute Gasteiger partial charge is 0.464 e. The van der Waals surface area contributed by atoms with E-state index in [0.29, 0.717) is 12.4 Å². The molecule has 0 amide bonds. The Morgan fingerprint density at radius 2 is 1.84 bits per heavy atom. The molecule has 4 nitrogen and oxygen atoms in total. The molecule has 3 rings (SSSR count). The molecule has 0 N–H and O–H groups in total. The predicted octanol–water partition coefficient (Wildman–Crippen LogP) is 1.92. The maximum absolute atomic E-state index is 12.2. The van der Waals surface area contributed by atoms with Gasteiger partial charge in [-0.05, 0) is 32.2 Å². The number of Topliss-reactive ketones (excluding diaryl/α,β-unsaturated/α-hetero) is 1. The maximum Gasteiger partial charge on any atom is 0.323 e. The Labute approximate surface area is 114 Å². The molecule has 0 aromatic carbocycles. The minimum atomic E-state index is -0.0833. The number of cyclic esters (lactones) is 1. The van der Waals surface area contributed by atoms with Gasteiger partial charge in [0.2, 0.25) is 0 Å². The van der Waals surface area contributed by atoms with Gasteiger partial charge in [-0.3, -0.25) is 14.5 Å². The third kappa shape index (κ3) is 2.55. The Bertz CT molecular complexity index is 368. The standard InChI is InChI=1S/C15H23NO3/c17-14-7-2-1-5-11(14)12-6-3-4-9-16(12)13-8-10-19-15(13)18/h11-13H,1-10H2. The molecular formula is C15H23NO3. The van der Waals surface area contributed by atoms with Crippen LogP contribution in [0.15, 0.2) is 0 Å². The van der Waals surface area contributed by atoms with Gasteiger partial charge in [-0.25, -0.2) is 0 Å². The predicted molar refractivity (Wildman–Crippen MR) is 70.7 cm³/mol. The number of ether oxygens (including phenoxy) is 1. The third-order valence-corrected chi connectivity index (χ3v) is 4.97. The quantitative estimate of drug-likeness (QED) is 0.716. The molecule has 4 heteroatoms. The Hall–Kier alpha value is -0.900. The van der Waals surface area contributed by atoms with E-state index >= 15 is 0 Å². The van der Waals surface area contributed by atoms with Gasteiger partial charge in [0.15, 0.2) is 0 Å². The zero-order valence-corrected chi connectivity index (χ0v) is 11.5. The minimum Gasteiger partial charge on any atom is -0.464 e. The van der Waals surface area contributed by atoms with E-state index in [4.69, 9.17) is 4.74 Å². The lowest BCUT2D eigenvalue weighted by atomic mass is 9.78. The molecule has 3 atom stereocenters. The highest BCUT2D eigenvalue weighted by Gasteiger charge is 2.42. The van der Waals surface area contributed by atoms with Gasteiger partial charge in [0.05, 0.1) is 6.61 Å². The van der Waals surface area contributed by atoms with Crippen molar-refractivity contribution in [2.24, 2.45) is 5.92 Å². The number of piperidine rings is 1. The van der Waals surface area contributed by atoms with Gasteiger partial charge in [0.25, 0.3) is 0 Å². The van der Waals surface area contributed by atoms with Crippen LogP contribution in [-0.4, -0.2) is 41.9 Å². The van der Waals surface area contributed by atoms with Crippen molar-refractivity contribution < 1.29 is 14.3 Å². The van der Waals surface area contributed by atoms with Gasteiger partial charge < -0.3 is 4.74 Å². The summed E-state index contributed by atoms with van der Waals surface area (Å²) in [4.78, 5) is 26.3. The lowest BCUT2D eigenvalue weighted by Crippen LogP contribution is -2.53. The third-order valence-electron chi connectivity index (χ3n) is 4.97. The van der Waals surface area contributed by atoms with Gasteiger partial charge in [-0.15, -0.1) is 0 Å². The van der Waals surface area contributed by atoms with Gasteiger partial charge in [0.1, 0.15) is 11.8 Å². The summed E-state index contributed by atoms with van der Waals surface area (Å²) in [6, 6.07) is 0.206. The topological polar surface area (TPSA) is 46.6 Å². The molecule has 1 saturated carbocycles. The Morgan fingerprint density at radius 1 is 1.00 bits per heavy atom. The van der Waals surface area contributed by atoms with Gasteiger partial charge in [-0.1, -0.05) is 12.8 Å². The highest BCUT2D eigenvalue weighted by Crippen LogP contribution is 2.34. The van der Waals surface area contributed by atoms with Crippen LogP contribution in [0.5, 0.6) is 0 Å². The van der Waals surface area contributed by atoms with Crippen LogP contribution >= 0.6 is 0 Å². The Balaban J connectivity index is 1.76. The zero-order valence-electron chi connectivity index (χ0n) is 11.5. The average molecular weight is 265 g/mol. The van der Waals surface area contributed by atoms with Crippen molar-refractivity contribution in [3.63, 3.8) is 0 Å². The second kappa shape index (κ2) is 5.61. The minimum absolute atomic E-state index is 0.0739. The fraction of sp³-hybridized carbons (Fsp3) is 0.867. The van der Waals surface area contributed by atoms with Crippen LogP contribution in [0, 0.1) is 5.92 Å². The fourth-order valence-corrected chi connectivity index (χ4v) is 4.00. The summed E-state index contributed by atoms with van der Waals surface area (Å²) in [7, 11) is 0.